The van der Waals surface area contributed by atoms with Gasteiger partial charge in [-0.3, -0.25) is 6.79 Å². The number of hydrogen-bond donors (Lipinski definition) is 1. The molecular formula is C29H35BNOP2Ru+3. The first-order valence-electron chi connectivity index (χ1n) is 11.3. The Morgan fingerprint density at radius 2 is 0.743 bits per heavy atom. The van der Waals surface area contributed by atoms with E-state index in [-0.39, 0.29) is 29.3 Å². The number of hydrogen-bond acceptors (Lipinski definition) is 2. The normalized spacial score (nSPS) is 10.0. The molecule has 180 valence electrons. The SMILES string of the molecule is [B].[CH-]=O.[HH].[RuH+2].c1ccc([PH+](CCNCC[PH+](c2ccccc2)c2ccccc2)c2ccccc2)cc1. The van der Waals surface area contributed by atoms with E-state index in [1.54, 1.807) is 0 Å². The van der Waals surface area contributed by atoms with Crippen molar-refractivity contribution < 1.29 is 25.7 Å². The van der Waals surface area contributed by atoms with E-state index in [0.717, 1.165) is 13.1 Å². The quantitative estimate of drug-likeness (QED) is 0.101. The van der Waals surface area contributed by atoms with Crippen molar-refractivity contribution in [3.05, 3.63) is 121 Å². The average Bonchev–Trinajstić information content (AvgIpc) is 2.91. The Balaban J connectivity index is 0.00000239. The molecule has 0 amide bonds. The van der Waals surface area contributed by atoms with Gasteiger partial charge in [0.25, 0.3) is 0 Å². The van der Waals surface area contributed by atoms with Gasteiger partial charge in [-0.05, 0) is 48.5 Å². The fourth-order valence-corrected chi connectivity index (χ4v) is 9.07. The molecule has 0 unspecified atom stereocenters. The van der Waals surface area contributed by atoms with Crippen molar-refractivity contribution in [3.8, 4) is 0 Å². The number of nitrogens with one attached hydrogen (secondary N) is 1. The first-order chi connectivity index (χ1) is 16.4. The zero-order valence-electron chi connectivity index (χ0n) is 19.8. The first kappa shape index (κ1) is 31.1. The van der Waals surface area contributed by atoms with Gasteiger partial charge in [0, 0.05) is 22.9 Å². The molecule has 0 saturated carbocycles. The molecule has 0 aliphatic heterocycles. The van der Waals surface area contributed by atoms with Crippen LogP contribution in [0.25, 0.3) is 0 Å². The monoisotopic (exact) mass is 588 g/mol. The summed E-state index contributed by atoms with van der Waals surface area (Å²) >= 11 is 0. The minimum Gasteiger partial charge on any atom is -0.310 e. The van der Waals surface area contributed by atoms with Crippen LogP contribution in [0.5, 0.6) is 0 Å². The molecule has 0 saturated heterocycles. The summed E-state index contributed by atoms with van der Waals surface area (Å²) in [7, 11) is -1.52. The number of carbonyl (C=O) groups excluding carboxylic acids is 1. The van der Waals surface area contributed by atoms with E-state index < -0.39 is 15.8 Å². The Labute approximate surface area is 229 Å². The standard InChI is InChI=1S/C28H29NP2.CHO.B.Ru.H2.H/c1-5-13-25(14-6-1)30(26-15-7-2-8-16-26)23-21-29-22-24-31(27-17-9-3-10-18-27)28-19-11-4-12-20-28;1-2;;;;/h1-20,29H,21-24H2;1H;;;1H;/q;-1;;+2;;/p+2. The molecule has 3 radical (unpaired) electrons. The molecule has 6 heteroatoms. The fourth-order valence-electron chi connectivity index (χ4n) is 4.02. The Kier molecular flexibility index (Phi) is 16.3. The molecule has 4 aromatic rings. The first-order valence-corrected chi connectivity index (χ1v) is 14.7. The van der Waals surface area contributed by atoms with Gasteiger partial charge in [0.15, 0.2) is 0 Å². The van der Waals surface area contributed by atoms with E-state index in [2.05, 4.69) is 133 Å². The van der Waals surface area contributed by atoms with Gasteiger partial charge < -0.3 is 10.1 Å². The molecule has 4 rings (SSSR count). The van der Waals surface area contributed by atoms with E-state index in [0.29, 0.717) is 0 Å². The molecule has 0 aliphatic carbocycles. The third kappa shape index (κ3) is 9.91. The molecule has 2 nitrogen and oxygen atoms in total. The van der Waals surface area contributed by atoms with Gasteiger partial charge in [0.05, 0.1) is 49.4 Å². The topological polar surface area (TPSA) is 29.1 Å². The summed E-state index contributed by atoms with van der Waals surface area (Å²) in [6, 6.07) is 44.2. The maximum atomic E-state index is 7.75. The molecule has 0 aromatic heterocycles. The summed E-state index contributed by atoms with van der Waals surface area (Å²) in [5.74, 6) is 0. The number of rotatable bonds is 10. The van der Waals surface area contributed by atoms with Crippen molar-refractivity contribution >= 4 is 52.3 Å². The molecule has 0 spiro atoms. The van der Waals surface area contributed by atoms with Crippen molar-refractivity contribution in [3.63, 3.8) is 0 Å². The maximum absolute atomic E-state index is 7.75. The van der Waals surface area contributed by atoms with Crippen LogP contribution in [0.1, 0.15) is 1.43 Å². The Morgan fingerprint density at radius 1 is 0.514 bits per heavy atom. The average molecular weight is 587 g/mol. The van der Waals surface area contributed by atoms with Crippen LogP contribution >= 0.6 is 15.8 Å². The predicted molar refractivity (Wildman–Crippen MR) is 160 cm³/mol. The van der Waals surface area contributed by atoms with Crippen LogP contribution in [0, 0.1) is 0 Å². The van der Waals surface area contributed by atoms with Gasteiger partial charge in [-0.2, -0.15) is 0 Å². The van der Waals surface area contributed by atoms with Crippen molar-refractivity contribution in [2.45, 2.75) is 0 Å². The summed E-state index contributed by atoms with van der Waals surface area (Å²) < 4.78 is 0. The Bertz CT molecular complexity index is 886. The molecule has 0 fully saturated rings. The Morgan fingerprint density at radius 3 is 0.971 bits per heavy atom. The van der Waals surface area contributed by atoms with Crippen LogP contribution in [-0.2, 0) is 24.3 Å². The third-order valence-corrected chi connectivity index (χ3v) is 11.2. The molecule has 35 heavy (non-hydrogen) atoms. The molecular weight excluding hydrogens is 552 g/mol. The van der Waals surface area contributed by atoms with E-state index in [9.17, 15) is 0 Å². The smallest absolute Gasteiger partial charge is 0.0967 e. The van der Waals surface area contributed by atoms with Crippen molar-refractivity contribution in [2.24, 2.45) is 0 Å². The summed E-state index contributed by atoms with van der Waals surface area (Å²) in [5, 5.41) is 9.77. The Hall–Kier alpha value is -1.94. The van der Waals surface area contributed by atoms with Crippen LogP contribution in [0.15, 0.2) is 121 Å². The van der Waals surface area contributed by atoms with Crippen LogP contribution in [0.3, 0.4) is 0 Å². The summed E-state index contributed by atoms with van der Waals surface area (Å²) in [6.45, 7) is 5.38. The van der Waals surface area contributed by atoms with Gasteiger partial charge >= 0.3 is 19.5 Å². The van der Waals surface area contributed by atoms with Gasteiger partial charge in [-0.25, -0.2) is 0 Å². The summed E-state index contributed by atoms with van der Waals surface area (Å²) in [4.78, 5) is 7.75. The molecule has 4 aromatic carbocycles. The minimum atomic E-state index is -0.758. The van der Waals surface area contributed by atoms with Crippen LogP contribution in [0.4, 0.5) is 0 Å². The maximum Gasteiger partial charge on any atom is 0.0967 e. The number of benzene rings is 4. The van der Waals surface area contributed by atoms with Crippen LogP contribution in [0.2, 0.25) is 0 Å². The van der Waals surface area contributed by atoms with Gasteiger partial charge in [0.1, 0.15) is 0 Å². The zero-order valence-corrected chi connectivity index (χ0v) is 23.7. The van der Waals surface area contributed by atoms with Gasteiger partial charge in [-0.1, -0.05) is 72.8 Å². The fraction of sp³-hybridized carbons (Fsp3) is 0.138. The second-order valence-corrected chi connectivity index (χ2v) is 12.9. The van der Waals surface area contributed by atoms with E-state index in [1.807, 2.05) is 0 Å². The second-order valence-electron chi connectivity index (χ2n) is 7.67. The second kappa shape index (κ2) is 18.3. The molecule has 0 heterocycles. The van der Waals surface area contributed by atoms with E-state index in [4.69, 9.17) is 4.79 Å². The summed E-state index contributed by atoms with van der Waals surface area (Å²) in [5.41, 5.74) is 0. The van der Waals surface area contributed by atoms with E-state index >= 15 is 0 Å². The van der Waals surface area contributed by atoms with Crippen molar-refractivity contribution in [1.29, 1.82) is 0 Å². The minimum absolute atomic E-state index is 0. The van der Waals surface area contributed by atoms with E-state index in [1.165, 1.54) is 33.5 Å². The summed E-state index contributed by atoms with van der Waals surface area (Å²) in [6.07, 6.45) is 2.41. The van der Waals surface area contributed by atoms with Crippen molar-refractivity contribution in [1.82, 2.24) is 5.32 Å². The van der Waals surface area contributed by atoms with Crippen LogP contribution < -0.4 is 26.5 Å². The third-order valence-electron chi connectivity index (χ3n) is 5.59. The zero-order chi connectivity index (χ0) is 23.1. The van der Waals surface area contributed by atoms with Crippen molar-refractivity contribution in [2.75, 3.05) is 25.4 Å². The molecule has 1 N–H and O–H groups in total. The molecule has 0 bridgehead atoms. The largest absolute Gasteiger partial charge is 0.310 e. The van der Waals surface area contributed by atoms with Crippen LogP contribution in [-0.4, -0.2) is 40.6 Å². The predicted octanol–water partition coefficient (Wildman–Crippen LogP) is 3.63. The molecule has 0 aliphatic rings. The van der Waals surface area contributed by atoms with Gasteiger partial charge in [0.2, 0.25) is 0 Å². The van der Waals surface area contributed by atoms with Gasteiger partial charge in [-0.15, -0.1) is 0 Å². The molecule has 0 atom stereocenters.